The SMILES string of the molecule is CCCCCCCCCC(O)CCCCCCCC(CCC)S(=O)(=O)O. The maximum atomic E-state index is 11.3. The van der Waals surface area contributed by atoms with Crippen LogP contribution in [0.15, 0.2) is 0 Å². The van der Waals surface area contributed by atoms with E-state index in [-0.39, 0.29) is 6.10 Å². The number of aliphatic hydroxyl groups excluding tert-OH is 1. The quantitative estimate of drug-likeness (QED) is 0.200. The Morgan fingerprint density at radius 1 is 0.615 bits per heavy atom. The summed E-state index contributed by atoms with van der Waals surface area (Å²) in [6.07, 6.45) is 17.6. The third kappa shape index (κ3) is 16.1. The fourth-order valence-corrected chi connectivity index (χ4v) is 4.53. The second kappa shape index (κ2) is 17.0. The molecule has 0 fully saturated rings. The standard InChI is InChI=1S/C21H44O4S/c1-3-5-6-7-8-10-13-17-20(22)18-14-11-9-12-15-19-21(16-4-2)26(23,24)25/h20-22H,3-19H2,1-2H3,(H,23,24,25). The van der Waals surface area contributed by atoms with E-state index in [1.54, 1.807) is 0 Å². The van der Waals surface area contributed by atoms with Crippen molar-refractivity contribution in [2.45, 2.75) is 134 Å². The predicted molar refractivity (Wildman–Crippen MR) is 111 cm³/mol. The molecule has 0 rings (SSSR count). The smallest absolute Gasteiger partial charge is 0.267 e. The van der Waals surface area contributed by atoms with Gasteiger partial charge >= 0.3 is 0 Å². The predicted octanol–water partition coefficient (Wildman–Crippen LogP) is 6.28. The molecule has 0 aliphatic heterocycles. The number of aliphatic hydroxyl groups is 1. The summed E-state index contributed by atoms with van der Waals surface area (Å²) in [5.41, 5.74) is 0. The van der Waals surface area contributed by atoms with Crippen molar-refractivity contribution < 1.29 is 18.1 Å². The molecule has 0 aliphatic carbocycles. The zero-order chi connectivity index (χ0) is 19.7. The van der Waals surface area contributed by atoms with E-state index in [1.165, 1.54) is 38.5 Å². The van der Waals surface area contributed by atoms with Crippen LogP contribution in [0.2, 0.25) is 0 Å². The molecule has 4 nitrogen and oxygen atoms in total. The summed E-state index contributed by atoms with van der Waals surface area (Å²) in [4.78, 5) is 0. The summed E-state index contributed by atoms with van der Waals surface area (Å²) >= 11 is 0. The van der Waals surface area contributed by atoms with Crippen molar-refractivity contribution in [3.8, 4) is 0 Å². The van der Waals surface area contributed by atoms with Gasteiger partial charge in [0, 0.05) is 0 Å². The van der Waals surface area contributed by atoms with Gasteiger partial charge in [0.1, 0.15) is 0 Å². The van der Waals surface area contributed by atoms with E-state index < -0.39 is 15.4 Å². The number of rotatable bonds is 19. The highest BCUT2D eigenvalue weighted by Crippen LogP contribution is 2.18. The molecule has 0 aromatic heterocycles. The Bertz CT molecular complexity index is 395. The summed E-state index contributed by atoms with van der Waals surface area (Å²) < 4.78 is 31.7. The highest BCUT2D eigenvalue weighted by atomic mass is 32.2. The molecule has 0 heterocycles. The van der Waals surface area contributed by atoms with Gasteiger partial charge in [-0.05, 0) is 25.7 Å². The van der Waals surface area contributed by atoms with Crippen LogP contribution in [-0.4, -0.2) is 29.4 Å². The Morgan fingerprint density at radius 2 is 1.04 bits per heavy atom. The second-order valence-corrected chi connectivity index (χ2v) is 9.53. The molecule has 158 valence electrons. The van der Waals surface area contributed by atoms with Crippen molar-refractivity contribution in [1.29, 1.82) is 0 Å². The minimum absolute atomic E-state index is 0.154. The third-order valence-electron chi connectivity index (χ3n) is 5.24. The molecule has 0 saturated carbocycles. The lowest BCUT2D eigenvalue weighted by Crippen LogP contribution is -2.20. The molecule has 0 radical (unpaired) electrons. The van der Waals surface area contributed by atoms with Gasteiger partial charge in [0.15, 0.2) is 0 Å². The van der Waals surface area contributed by atoms with Gasteiger partial charge in [0.05, 0.1) is 11.4 Å². The Hall–Kier alpha value is -0.130. The minimum Gasteiger partial charge on any atom is -0.393 e. The van der Waals surface area contributed by atoms with Crippen LogP contribution in [-0.2, 0) is 10.1 Å². The van der Waals surface area contributed by atoms with Crippen LogP contribution in [0, 0.1) is 0 Å². The second-order valence-electron chi connectivity index (χ2n) is 7.83. The van der Waals surface area contributed by atoms with Crippen LogP contribution in [0.5, 0.6) is 0 Å². The van der Waals surface area contributed by atoms with E-state index in [0.29, 0.717) is 12.8 Å². The lowest BCUT2D eigenvalue weighted by Gasteiger charge is -2.13. The van der Waals surface area contributed by atoms with Gasteiger partial charge < -0.3 is 5.11 Å². The van der Waals surface area contributed by atoms with E-state index in [2.05, 4.69) is 6.92 Å². The normalized spacial score (nSPS) is 14.5. The van der Waals surface area contributed by atoms with Gasteiger partial charge in [0.25, 0.3) is 10.1 Å². The van der Waals surface area contributed by atoms with E-state index in [4.69, 9.17) is 0 Å². The average Bonchev–Trinajstić information content (AvgIpc) is 2.58. The maximum absolute atomic E-state index is 11.3. The molecule has 0 amide bonds. The molecule has 2 unspecified atom stereocenters. The minimum atomic E-state index is -3.89. The van der Waals surface area contributed by atoms with Crippen molar-refractivity contribution in [3.63, 3.8) is 0 Å². The van der Waals surface area contributed by atoms with E-state index in [9.17, 15) is 18.1 Å². The monoisotopic (exact) mass is 392 g/mol. The van der Waals surface area contributed by atoms with Crippen LogP contribution in [0.3, 0.4) is 0 Å². The molecule has 0 aliphatic rings. The molecule has 26 heavy (non-hydrogen) atoms. The largest absolute Gasteiger partial charge is 0.393 e. The molecule has 2 atom stereocenters. The van der Waals surface area contributed by atoms with E-state index in [1.807, 2.05) is 6.92 Å². The van der Waals surface area contributed by atoms with Crippen molar-refractivity contribution >= 4 is 10.1 Å². The average molecular weight is 393 g/mol. The molecule has 0 aromatic rings. The number of hydrogen-bond donors (Lipinski definition) is 2. The maximum Gasteiger partial charge on any atom is 0.267 e. The summed E-state index contributed by atoms with van der Waals surface area (Å²) in [5.74, 6) is 0. The first-order chi connectivity index (χ1) is 12.4. The number of unbranched alkanes of at least 4 members (excludes halogenated alkanes) is 10. The molecule has 0 spiro atoms. The van der Waals surface area contributed by atoms with E-state index >= 15 is 0 Å². The van der Waals surface area contributed by atoms with Gasteiger partial charge in [-0.1, -0.05) is 97.3 Å². The molecule has 0 bridgehead atoms. The van der Waals surface area contributed by atoms with Gasteiger partial charge in [-0.15, -0.1) is 0 Å². The first kappa shape index (κ1) is 25.9. The fourth-order valence-electron chi connectivity index (χ4n) is 3.53. The molecular weight excluding hydrogens is 348 g/mol. The zero-order valence-corrected chi connectivity index (χ0v) is 18.1. The summed E-state index contributed by atoms with van der Waals surface area (Å²) in [6, 6.07) is 0. The van der Waals surface area contributed by atoms with Crippen LogP contribution < -0.4 is 0 Å². The van der Waals surface area contributed by atoms with Crippen LogP contribution in [0.25, 0.3) is 0 Å². The zero-order valence-electron chi connectivity index (χ0n) is 17.3. The summed E-state index contributed by atoms with van der Waals surface area (Å²) in [7, 11) is -3.89. The van der Waals surface area contributed by atoms with E-state index in [0.717, 1.165) is 57.8 Å². The van der Waals surface area contributed by atoms with Crippen LogP contribution in [0.4, 0.5) is 0 Å². The van der Waals surface area contributed by atoms with Gasteiger partial charge in [-0.3, -0.25) is 4.55 Å². The molecule has 2 N–H and O–H groups in total. The topological polar surface area (TPSA) is 74.6 Å². The first-order valence-corrected chi connectivity index (χ1v) is 12.6. The Balaban J connectivity index is 3.48. The van der Waals surface area contributed by atoms with Crippen molar-refractivity contribution in [2.75, 3.05) is 0 Å². The van der Waals surface area contributed by atoms with Crippen molar-refractivity contribution in [3.05, 3.63) is 0 Å². The Kier molecular flexibility index (Phi) is 16.9. The molecule has 0 saturated heterocycles. The molecular formula is C21H44O4S. The van der Waals surface area contributed by atoms with Crippen LogP contribution >= 0.6 is 0 Å². The molecule has 0 aromatic carbocycles. The van der Waals surface area contributed by atoms with Crippen molar-refractivity contribution in [2.24, 2.45) is 0 Å². The van der Waals surface area contributed by atoms with Crippen LogP contribution in [0.1, 0.15) is 123 Å². The third-order valence-corrected chi connectivity index (χ3v) is 6.55. The number of hydrogen-bond acceptors (Lipinski definition) is 3. The van der Waals surface area contributed by atoms with Gasteiger partial charge in [0.2, 0.25) is 0 Å². The Morgan fingerprint density at radius 3 is 1.46 bits per heavy atom. The highest BCUT2D eigenvalue weighted by Gasteiger charge is 2.21. The van der Waals surface area contributed by atoms with Crippen molar-refractivity contribution in [1.82, 2.24) is 0 Å². The fraction of sp³-hybridized carbons (Fsp3) is 1.00. The summed E-state index contributed by atoms with van der Waals surface area (Å²) in [5, 5.41) is 9.43. The Labute approximate surface area is 162 Å². The first-order valence-electron chi connectivity index (χ1n) is 11.1. The summed E-state index contributed by atoms with van der Waals surface area (Å²) in [6.45, 7) is 4.18. The lowest BCUT2D eigenvalue weighted by molar-refractivity contribution is 0.147. The van der Waals surface area contributed by atoms with Gasteiger partial charge in [-0.25, -0.2) is 0 Å². The van der Waals surface area contributed by atoms with Gasteiger partial charge in [-0.2, -0.15) is 8.42 Å². The lowest BCUT2D eigenvalue weighted by atomic mass is 10.0. The molecule has 5 heteroatoms. The highest BCUT2D eigenvalue weighted by molar-refractivity contribution is 7.86.